The van der Waals surface area contributed by atoms with Gasteiger partial charge in [0.2, 0.25) is 0 Å². The molecule has 5 heteroatoms. The fourth-order valence-electron chi connectivity index (χ4n) is 1.14. The molecule has 0 aliphatic carbocycles. The third-order valence-electron chi connectivity index (χ3n) is 2.09. The number of nitrogens with one attached hydrogen (secondary N) is 1. The molecule has 0 aliphatic rings. The Bertz CT molecular complexity index is 287. The van der Waals surface area contributed by atoms with Crippen LogP contribution in [0, 0.1) is 11.8 Å². The predicted molar refractivity (Wildman–Crippen MR) is 69.1 cm³/mol. The van der Waals surface area contributed by atoms with Gasteiger partial charge >= 0.3 is 12.1 Å². The highest BCUT2D eigenvalue weighted by atomic mass is 16.6. The number of ether oxygens (including phenoxy) is 2. The first-order chi connectivity index (χ1) is 8.38. The van der Waals surface area contributed by atoms with Crippen LogP contribution >= 0.6 is 0 Å². The molecule has 104 valence electrons. The van der Waals surface area contributed by atoms with Gasteiger partial charge in [-0.1, -0.05) is 40.3 Å². The van der Waals surface area contributed by atoms with Gasteiger partial charge in [-0.05, 0) is 11.8 Å². The Morgan fingerprint density at radius 2 is 1.83 bits per heavy atom. The van der Waals surface area contributed by atoms with Crippen LogP contribution in [0.2, 0.25) is 0 Å². The molecule has 0 spiro atoms. The van der Waals surface area contributed by atoms with E-state index in [2.05, 4.69) is 11.9 Å². The summed E-state index contributed by atoms with van der Waals surface area (Å²) in [5, 5.41) is 2.49. The van der Waals surface area contributed by atoms with Crippen molar-refractivity contribution in [1.82, 2.24) is 5.32 Å². The number of esters is 1. The maximum Gasteiger partial charge on any atom is 0.408 e. The second kappa shape index (κ2) is 8.55. The molecular weight excluding hydrogens is 234 g/mol. The minimum atomic E-state index is -0.693. The van der Waals surface area contributed by atoms with Crippen molar-refractivity contribution >= 4 is 12.1 Å². The molecule has 0 aromatic heterocycles. The molecule has 1 amide bonds. The van der Waals surface area contributed by atoms with E-state index in [0.717, 1.165) is 0 Å². The maximum atomic E-state index is 11.8. The monoisotopic (exact) mass is 257 g/mol. The van der Waals surface area contributed by atoms with E-state index in [0.29, 0.717) is 6.61 Å². The third kappa shape index (κ3) is 6.93. The van der Waals surface area contributed by atoms with Gasteiger partial charge in [0.1, 0.15) is 12.6 Å². The molecule has 1 unspecified atom stereocenters. The zero-order chi connectivity index (χ0) is 14.1. The van der Waals surface area contributed by atoms with Crippen molar-refractivity contribution in [3.8, 4) is 0 Å². The van der Waals surface area contributed by atoms with Crippen LogP contribution in [0.1, 0.15) is 27.7 Å². The minimum Gasteiger partial charge on any atom is -0.464 e. The Kier molecular flexibility index (Phi) is 7.83. The van der Waals surface area contributed by atoms with Crippen molar-refractivity contribution in [2.45, 2.75) is 33.7 Å². The van der Waals surface area contributed by atoms with E-state index in [1.165, 1.54) is 6.08 Å². The van der Waals surface area contributed by atoms with Crippen LogP contribution in [0.15, 0.2) is 12.7 Å². The van der Waals surface area contributed by atoms with Crippen molar-refractivity contribution in [3.05, 3.63) is 12.7 Å². The highest BCUT2D eigenvalue weighted by Gasteiger charge is 2.26. The normalized spacial score (nSPS) is 12.1. The molecule has 0 bridgehead atoms. The van der Waals surface area contributed by atoms with Gasteiger partial charge in [-0.25, -0.2) is 9.59 Å². The molecule has 0 radical (unpaired) electrons. The largest absolute Gasteiger partial charge is 0.464 e. The highest BCUT2D eigenvalue weighted by molar-refractivity contribution is 5.81. The van der Waals surface area contributed by atoms with Crippen molar-refractivity contribution in [2.24, 2.45) is 11.8 Å². The summed E-state index contributed by atoms with van der Waals surface area (Å²) in [5.74, 6) is -0.246. The van der Waals surface area contributed by atoms with E-state index in [9.17, 15) is 9.59 Å². The summed E-state index contributed by atoms with van der Waals surface area (Å²) >= 11 is 0. The van der Waals surface area contributed by atoms with E-state index in [1.54, 1.807) is 0 Å². The predicted octanol–water partition coefficient (Wildman–Crippen LogP) is 2.12. The van der Waals surface area contributed by atoms with E-state index in [4.69, 9.17) is 9.47 Å². The van der Waals surface area contributed by atoms with Crippen LogP contribution in [0.3, 0.4) is 0 Å². The maximum absolute atomic E-state index is 11.8. The number of alkyl carbamates (subject to hydrolysis) is 1. The quantitative estimate of drug-likeness (QED) is 0.560. The zero-order valence-corrected chi connectivity index (χ0v) is 11.6. The summed E-state index contributed by atoms with van der Waals surface area (Å²) < 4.78 is 9.87. The average Bonchev–Trinajstić information content (AvgIpc) is 2.29. The second-order valence-electron chi connectivity index (χ2n) is 4.78. The third-order valence-corrected chi connectivity index (χ3v) is 2.09. The van der Waals surface area contributed by atoms with Crippen LogP contribution in [0.4, 0.5) is 4.79 Å². The topological polar surface area (TPSA) is 64.6 Å². The summed E-state index contributed by atoms with van der Waals surface area (Å²) in [6.45, 7) is 11.4. The average molecular weight is 257 g/mol. The second-order valence-corrected chi connectivity index (χ2v) is 4.78. The van der Waals surface area contributed by atoms with Crippen molar-refractivity contribution in [2.75, 3.05) is 13.2 Å². The number of hydrogen-bond acceptors (Lipinski definition) is 4. The molecule has 1 N–H and O–H groups in total. The number of amides is 1. The molecule has 0 fully saturated rings. The first-order valence-electron chi connectivity index (χ1n) is 6.09. The van der Waals surface area contributed by atoms with Crippen LogP contribution in [-0.4, -0.2) is 31.3 Å². The first-order valence-corrected chi connectivity index (χ1v) is 6.09. The summed E-state index contributed by atoms with van der Waals surface area (Å²) in [4.78, 5) is 23.2. The lowest BCUT2D eigenvalue weighted by molar-refractivity contribution is -0.148. The molecule has 18 heavy (non-hydrogen) atoms. The van der Waals surface area contributed by atoms with E-state index < -0.39 is 18.1 Å². The Labute approximate surface area is 109 Å². The standard InChI is InChI=1S/C13H23NO4/c1-6-7-17-13(16)14-11(10(4)5)12(15)18-8-9(2)3/h6,9-11H,1,7-8H2,2-5H3,(H,14,16). The SMILES string of the molecule is C=CCOC(=O)NC(C(=O)OCC(C)C)C(C)C. The molecule has 0 aliphatic heterocycles. The van der Waals surface area contributed by atoms with Gasteiger partial charge in [0, 0.05) is 0 Å². The van der Waals surface area contributed by atoms with Gasteiger partial charge < -0.3 is 14.8 Å². The molecule has 5 nitrogen and oxygen atoms in total. The van der Waals surface area contributed by atoms with Gasteiger partial charge in [0.05, 0.1) is 6.61 Å². The number of carbonyl (C=O) groups excluding carboxylic acids is 2. The van der Waals surface area contributed by atoms with Crippen LogP contribution in [0.5, 0.6) is 0 Å². The highest BCUT2D eigenvalue weighted by Crippen LogP contribution is 2.06. The van der Waals surface area contributed by atoms with Crippen molar-refractivity contribution in [3.63, 3.8) is 0 Å². The number of rotatable bonds is 7. The molecule has 0 saturated carbocycles. The number of carbonyl (C=O) groups is 2. The van der Waals surface area contributed by atoms with Gasteiger partial charge in [0.25, 0.3) is 0 Å². The molecular formula is C13H23NO4. The molecule has 0 saturated heterocycles. The molecule has 0 heterocycles. The molecule has 0 aromatic carbocycles. The van der Waals surface area contributed by atoms with Gasteiger partial charge in [-0.15, -0.1) is 0 Å². The van der Waals surface area contributed by atoms with Crippen LogP contribution in [0.25, 0.3) is 0 Å². The van der Waals surface area contributed by atoms with Crippen molar-refractivity contribution < 1.29 is 19.1 Å². The summed E-state index contributed by atoms with van der Waals surface area (Å²) in [5.41, 5.74) is 0. The summed E-state index contributed by atoms with van der Waals surface area (Å²) in [6.07, 6.45) is 0.816. The van der Waals surface area contributed by atoms with Gasteiger partial charge in [-0.3, -0.25) is 0 Å². The smallest absolute Gasteiger partial charge is 0.408 e. The summed E-state index contributed by atoms with van der Waals surface area (Å²) in [6, 6.07) is -0.693. The lowest BCUT2D eigenvalue weighted by atomic mass is 10.1. The molecule has 1 atom stereocenters. The van der Waals surface area contributed by atoms with E-state index in [1.807, 2.05) is 27.7 Å². The zero-order valence-electron chi connectivity index (χ0n) is 11.6. The van der Waals surface area contributed by atoms with Gasteiger partial charge in [-0.2, -0.15) is 0 Å². The van der Waals surface area contributed by atoms with Crippen molar-refractivity contribution in [1.29, 1.82) is 0 Å². The Hall–Kier alpha value is -1.52. The van der Waals surface area contributed by atoms with Gasteiger partial charge in [0.15, 0.2) is 0 Å². The fraction of sp³-hybridized carbons (Fsp3) is 0.692. The Balaban J connectivity index is 4.33. The molecule has 0 aromatic rings. The molecule has 0 rings (SSSR count). The minimum absolute atomic E-state index is 0.0686. The lowest BCUT2D eigenvalue weighted by Crippen LogP contribution is -2.45. The van der Waals surface area contributed by atoms with E-state index >= 15 is 0 Å². The fourth-order valence-corrected chi connectivity index (χ4v) is 1.14. The van der Waals surface area contributed by atoms with E-state index in [-0.39, 0.29) is 18.4 Å². The Morgan fingerprint density at radius 3 is 2.28 bits per heavy atom. The summed E-state index contributed by atoms with van der Waals surface area (Å²) in [7, 11) is 0. The van der Waals surface area contributed by atoms with Crippen LogP contribution < -0.4 is 5.32 Å². The first kappa shape index (κ1) is 16.5. The Morgan fingerprint density at radius 1 is 1.22 bits per heavy atom. The lowest BCUT2D eigenvalue weighted by Gasteiger charge is -2.20. The number of hydrogen-bond donors (Lipinski definition) is 1. The van der Waals surface area contributed by atoms with Crippen LogP contribution in [-0.2, 0) is 14.3 Å².